The molecule has 0 aliphatic carbocycles. The second-order valence-electron chi connectivity index (χ2n) is 26.1. The van der Waals surface area contributed by atoms with Crippen LogP contribution in [0.15, 0.2) is 84.4 Å². The first-order valence-electron chi connectivity index (χ1n) is 37.0. The molecular weight excluding hydrogens is 1480 g/mol. The number of fused-ring (bicyclic) bond motifs is 1. The third-order valence-corrected chi connectivity index (χ3v) is 17.1. The monoisotopic (exact) mass is 1590 g/mol. The third kappa shape index (κ3) is 28.4. The number of benzene rings is 2. The summed E-state index contributed by atoms with van der Waals surface area (Å²) in [6.07, 6.45) is 10.5. The Kier molecular flexibility index (Phi) is 35.1. The summed E-state index contributed by atoms with van der Waals surface area (Å²) in [7, 11) is 13.0. The molecule has 0 unspecified atom stereocenters. The Balaban J connectivity index is 0.559. The Morgan fingerprint density at radius 1 is 0.447 bits per heavy atom. The number of carbonyl (C=O) groups is 9. The van der Waals surface area contributed by atoms with E-state index in [-0.39, 0.29) is 115 Å². The van der Waals surface area contributed by atoms with Crippen molar-refractivity contribution in [2.45, 2.75) is 45.4 Å². The molecule has 6 heterocycles. The van der Waals surface area contributed by atoms with Crippen LogP contribution in [-0.4, -0.2) is 259 Å². The highest BCUT2D eigenvalue weighted by molar-refractivity contribution is 6.05. The SMILES string of the molecule is COc1cc(OC)c2c(=O)[nH]c(-c3cc(C)cc(OCCOCCOCCOCCOCCOCCOCCC(=O)NCCCN(C)CCCNC(=O)CCNC(=O)c4nc(NC(=O)CCNC(=O)c5cc(NC(=O)c6nc(NC(=O)CCNC(=O)c7cc(NC(=O)c8nccn8C)cn7C)cn6C)cn5C)cn4C)c3)nc2c1. The van der Waals surface area contributed by atoms with Gasteiger partial charge in [0.1, 0.15) is 46.5 Å². The average molecular weight is 1590 g/mol. The van der Waals surface area contributed by atoms with Gasteiger partial charge in [-0.25, -0.2) is 19.9 Å². The van der Waals surface area contributed by atoms with Crippen LogP contribution in [0.25, 0.3) is 22.3 Å². The number of amides is 9. The summed E-state index contributed by atoms with van der Waals surface area (Å²) in [5, 5.41) is 24.7. The molecule has 0 radical (unpaired) electrons. The number of ether oxygens (including phenoxy) is 9. The first kappa shape index (κ1) is 87.7. The lowest BCUT2D eigenvalue weighted by Crippen LogP contribution is -2.33. The maximum atomic E-state index is 13.3. The maximum absolute atomic E-state index is 13.3. The summed E-state index contributed by atoms with van der Waals surface area (Å²) >= 11 is 0. The number of carbonyl (C=O) groups excluding carboxylic acids is 9. The van der Waals surface area contributed by atoms with Gasteiger partial charge < -0.3 is 123 Å². The molecule has 9 amide bonds. The summed E-state index contributed by atoms with van der Waals surface area (Å²) in [6.45, 7) is 9.15. The molecule has 0 bridgehead atoms. The second-order valence-corrected chi connectivity index (χ2v) is 26.1. The predicted molar refractivity (Wildman–Crippen MR) is 418 cm³/mol. The van der Waals surface area contributed by atoms with Crippen molar-refractivity contribution in [2.75, 3.05) is 174 Å². The van der Waals surface area contributed by atoms with Crippen LogP contribution < -0.4 is 67.6 Å². The zero-order valence-corrected chi connectivity index (χ0v) is 65.6. The van der Waals surface area contributed by atoms with Crippen LogP contribution in [0.3, 0.4) is 0 Å². The van der Waals surface area contributed by atoms with Gasteiger partial charge in [0, 0.05) is 149 Å². The molecule has 10 N–H and O–H groups in total. The van der Waals surface area contributed by atoms with E-state index in [1.165, 1.54) is 69.4 Å². The molecule has 8 aromatic rings. The van der Waals surface area contributed by atoms with Crippen molar-refractivity contribution < 1.29 is 85.8 Å². The van der Waals surface area contributed by atoms with E-state index in [0.29, 0.717) is 151 Å². The number of H-pyrrole nitrogens is 1. The summed E-state index contributed by atoms with van der Waals surface area (Å²) in [4.78, 5) is 151. The first-order chi connectivity index (χ1) is 54.9. The van der Waals surface area contributed by atoms with Crippen LogP contribution in [0, 0.1) is 6.92 Å². The number of aromatic nitrogens is 10. The molecule has 8 rings (SSSR count). The van der Waals surface area contributed by atoms with Gasteiger partial charge >= 0.3 is 0 Å². The summed E-state index contributed by atoms with van der Waals surface area (Å²) in [6, 6.07) is 11.9. The van der Waals surface area contributed by atoms with Gasteiger partial charge in [0.2, 0.25) is 35.3 Å². The van der Waals surface area contributed by atoms with E-state index in [1.807, 2.05) is 32.2 Å². The minimum atomic E-state index is -0.640. The van der Waals surface area contributed by atoms with Gasteiger partial charge in [-0.1, -0.05) is 0 Å². The van der Waals surface area contributed by atoms with Gasteiger partial charge in [0.15, 0.2) is 17.5 Å². The molecule has 0 saturated heterocycles. The van der Waals surface area contributed by atoms with Crippen molar-refractivity contribution in [1.29, 1.82) is 0 Å². The Morgan fingerprint density at radius 2 is 0.921 bits per heavy atom. The smallest absolute Gasteiger partial charge is 0.291 e. The van der Waals surface area contributed by atoms with Crippen molar-refractivity contribution >= 4 is 87.1 Å². The number of imidazole rings is 3. The van der Waals surface area contributed by atoms with Gasteiger partial charge in [-0.05, 0) is 75.8 Å². The van der Waals surface area contributed by atoms with Crippen LogP contribution in [-0.2, 0) is 82.8 Å². The van der Waals surface area contributed by atoms with E-state index < -0.39 is 41.4 Å². The fourth-order valence-corrected chi connectivity index (χ4v) is 11.3. The Morgan fingerprint density at radius 3 is 1.42 bits per heavy atom. The fraction of sp³-hybridized carbons (Fsp3) is 0.467. The number of hydrogen-bond donors (Lipinski definition) is 10. The molecule has 39 heteroatoms. The molecule has 2 aromatic carbocycles. The molecule has 616 valence electrons. The van der Waals surface area contributed by atoms with E-state index in [0.717, 1.165) is 18.5 Å². The van der Waals surface area contributed by atoms with Crippen LogP contribution in [0.1, 0.15) is 96.9 Å². The normalized spacial score (nSPS) is 11.2. The standard InChI is InChI=1S/C75H102N20O19/c1-49-38-50(66-84-55-43-53(106-8)44-58(107-9)65(55)72(102)89-66)40-54(39-49)114-37-36-113-35-34-112-33-32-111-31-30-110-29-28-109-27-26-108-25-15-62(97)77-17-11-23-90(2)22-10-16-76-61(96)12-18-81-73(103)68-87-59(47-94(68)6)85-63(98)13-19-80-71(101)57-42-52(46-93(57)5)83-75(105)69-88-60(48-95(69)7)86-64(99)14-20-79-70(100)56-41-51(45-92(56)4)82-74(104)67-78-21-24-91(67)3/h21,24,38-48H,10-20,22-23,25-37H2,1-9H3,(H,76,96)(H,77,97)(H,79,100)(H,80,101)(H,81,103)(H,82,104)(H,83,105)(H,85,98)(H,86,99)(H,84,89,102). The second kappa shape index (κ2) is 45.6. The maximum Gasteiger partial charge on any atom is 0.291 e. The molecule has 39 nitrogen and oxygen atoms in total. The highest BCUT2D eigenvalue weighted by atomic mass is 16.6. The number of anilines is 4. The highest BCUT2D eigenvalue weighted by Crippen LogP contribution is 2.30. The van der Waals surface area contributed by atoms with Gasteiger partial charge in [0.25, 0.3) is 35.1 Å². The van der Waals surface area contributed by atoms with Crippen molar-refractivity contribution in [3.8, 4) is 28.6 Å². The van der Waals surface area contributed by atoms with E-state index in [1.54, 1.807) is 64.3 Å². The number of aromatic amines is 1. The number of nitrogens with one attached hydrogen (secondary N) is 10. The zero-order chi connectivity index (χ0) is 81.9. The van der Waals surface area contributed by atoms with E-state index in [9.17, 15) is 47.9 Å². The highest BCUT2D eigenvalue weighted by Gasteiger charge is 2.23. The minimum absolute atomic E-state index is 0.00282. The molecule has 0 spiro atoms. The molecule has 0 atom stereocenters. The lowest BCUT2D eigenvalue weighted by atomic mass is 10.1. The first-order valence-corrected chi connectivity index (χ1v) is 37.0. The quantitative estimate of drug-likeness (QED) is 0.0245. The van der Waals surface area contributed by atoms with Crippen molar-refractivity contribution in [1.82, 2.24) is 79.2 Å². The number of hydrogen-bond acceptors (Lipinski definition) is 24. The lowest BCUT2D eigenvalue weighted by Gasteiger charge is -2.16. The molecule has 0 saturated carbocycles. The molecular formula is C75H102N20O19. The number of methoxy groups -OCH3 is 2. The van der Waals surface area contributed by atoms with Crippen LogP contribution >= 0.6 is 0 Å². The van der Waals surface area contributed by atoms with E-state index >= 15 is 0 Å². The van der Waals surface area contributed by atoms with Gasteiger partial charge in [-0.3, -0.25) is 47.9 Å². The Hall–Kier alpha value is -11.9. The summed E-state index contributed by atoms with van der Waals surface area (Å²) < 4.78 is 57.6. The van der Waals surface area contributed by atoms with Crippen molar-refractivity contribution in [3.63, 3.8) is 0 Å². The lowest BCUT2D eigenvalue weighted by molar-refractivity contribution is -0.122. The van der Waals surface area contributed by atoms with Gasteiger partial charge in [-0.2, -0.15) is 0 Å². The minimum Gasteiger partial charge on any atom is -0.497 e. The molecule has 114 heavy (non-hydrogen) atoms. The van der Waals surface area contributed by atoms with E-state index in [2.05, 4.69) is 77.7 Å². The van der Waals surface area contributed by atoms with Crippen molar-refractivity contribution in [3.05, 3.63) is 124 Å². The molecule has 0 fully saturated rings. The molecule has 6 aromatic heterocycles. The van der Waals surface area contributed by atoms with Gasteiger partial charge in [0.05, 0.1) is 110 Å². The number of rotatable bonds is 51. The van der Waals surface area contributed by atoms with E-state index in [4.69, 9.17) is 42.6 Å². The summed E-state index contributed by atoms with van der Waals surface area (Å²) in [5.74, 6) is -1.76. The third-order valence-electron chi connectivity index (χ3n) is 17.1. The number of nitrogens with zero attached hydrogens (tertiary/aromatic N) is 10. The number of aryl methyl sites for hydroxylation is 6. The topological polar surface area (TPSA) is 457 Å². The van der Waals surface area contributed by atoms with Crippen LogP contribution in [0.2, 0.25) is 0 Å². The molecule has 0 aliphatic heterocycles. The Bertz CT molecular complexity index is 4620. The summed E-state index contributed by atoms with van der Waals surface area (Å²) in [5.41, 5.74) is 2.79. The predicted octanol–water partition coefficient (Wildman–Crippen LogP) is 2.45. The van der Waals surface area contributed by atoms with Gasteiger partial charge in [-0.15, -0.1) is 0 Å². The van der Waals surface area contributed by atoms with Crippen molar-refractivity contribution in [2.24, 2.45) is 35.2 Å². The largest absolute Gasteiger partial charge is 0.497 e. The average Bonchev–Trinajstić information content (AvgIpc) is 0.971. The van der Waals surface area contributed by atoms with Crippen LogP contribution in [0.5, 0.6) is 17.2 Å². The molecule has 0 aliphatic rings. The Labute approximate surface area is 657 Å². The van der Waals surface area contributed by atoms with Crippen LogP contribution in [0.4, 0.5) is 23.0 Å². The fourth-order valence-electron chi connectivity index (χ4n) is 11.3. The zero-order valence-electron chi connectivity index (χ0n) is 65.6.